The van der Waals surface area contributed by atoms with E-state index in [-0.39, 0.29) is 23.9 Å². The summed E-state index contributed by atoms with van der Waals surface area (Å²) in [6.07, 6.45) is 8.72. The van der Waals surface area contributed by atoms with Crippen LogP contribution < -0.4 is 0 Å². The summed E-state index contributed by atoms with van der Waals surface area (Å²) in [4.78, 5) is 22.9. The molecule has 3 atom stereocenters. The number of pyridine rings is 1. The number of hydrogen-bond acceptors (Lipinski definition) is 3. The summed E-state index contributed by atoms with van der Waals surface area (Å²) in [6, 6.07) is 0.438. The maximum absolute atomic E-state index is 13.2. The van der Waals surface area contributed by atoms with Crippen LogP contribution in [0.5, 0.6) is 0 Å². The third-order valence-electron chi connectivity index (χ3n) is 7.04. The monoisotopic (exact) mass is 387 g/mol. The predicted octanol–water partition coefficient (Wildman–Crippen LogP) is 3.92. The Bertz CT molecular complexity index is 908. The van der Waals surface area contributed by atoms with Crippen molar-refractivity contribution in [1.29, 1.82) is 0 Å². The van der Waals surface area contributed by atoms with Gasteiger partial charge in [-0.05, 0) is 62.0 Å². The van der Waals surface area contributed by atoms with Crippen molar-refractivity contribution in [1.82, 2.24) is 14.9 Å². The normalized spacial score (nSPS) is 33.0. The van der Waals surface area contributed by atoms with E-state index in [0.29, 0.717) is 17.4 Å². The molecule has 4 bridgehead atoms. The van der Waals surface area contributed by atoms with Crippen LogP contribution in [0, 0.1) is 12.8 Å². The molecule has 0 spiro atoms. The van der Waals surface area contributed by atoms with Crippen molar-refractivity contribution in [2.45, 2.75) is 76.0 Å². The number of nitrogens with one attached hydrogen (secondary N) is 1. The molecule has 0 aromatic carbocycles. The largest absolute Gasteiger partial charge is 0.390 e. The Morgan fingerprint density at radius 3 is 2.78 bits per heavy atom. The predicted molar refractivity (Wildman–Crippen MR) is 105 cm³/mol. The summed E-state index contributed by atoms with van der Waals surface area (Å²) in [5.41, 5.74) is 2.26. The highest BCUT2D eigenvalue weighted by atomic mass is 35.5. The van der Waals surface area contributed by atoms with Crippen molar-refractivity contribution in [3.63, 3.8) is 0 Å². The molecule has 27 heavy (non-hydrogen) atoms. The smallest absolute Gasteiger partial charge is 0.223 e. The number of amides is 1. The summed E-state index contributed by atoms with van der Waals surface area (Å²) in [5, 5.41) is 12.4. The van der Waals surface area contributed by atoms with Gasteiger partial charge in [-0.3, -0.25) is 4.79 Å². The van der Waals surface area contributed by atoms with Gasteiger partial charge in [-0.1, -0.05) is 18.5 Å². The van der Waals surface area contributed by atoms with Gasteiger partial charge in [0.05, 0.1) is 10.6 Å². The molecule has 2 aromatic rings. The number of halogens is 1. The molecule has 144 valence electrons. The zero-order chi connectivity index (χ0) is 18.9. The van der Waals surface area contributed by atoms with Crippen LogP contribution in [0.2, 0.25) is 5.02 Å². The van der Waals surface area contributed by atoms with E-state index in [2.05, 4.69) is 21.8 Å². The first kappa shape index (κ1) is 17.5. The Morgan fingerprint density at radius 1 is 1.41 bits per heavy atom. The standard InChI is InChI=1S/C21H26ClN3O2/c1-11(16-10-24-20-18(16)19(22)12(2)9-23-20)3-17(26)25-14-4-13-5-15(25)8-21(27,6-13)7-14/h9-11,13-15,27H,3-8H2,1-2H3,(H,23,24). The molecule has 5 nitrogen and oxygen atoms in total. The van der Waals surface area contributed by atoms with Gasteiger partial charge in [-0.25, -0.2) is 4.98 Å². The Hall–Kier alpha value is -1.59. The minimum absolute atomic E-state index is 0.0626. The lowest BCUT2D eigenvalue weighted by atomic mass is 9.61. The van der Waals surface area contributed by atoms with Crippen molar-refractivity contribution in [2.75, 3.05) is 0 Å². The van der Waals surface area contributed by atoms with Crippen LogP contribution in [0.15, 0.2) is 12.4 Å². The first-order valence-corrected chi connectivity index (χ1v) is 10.4. The van der Waals surface area contributed by atoms with Gasteiger partial charge in [0.1, 0.15) is 5.65 Å². The summed E-state index contributed by atoms with van der Waals surface area (Å²) < 4.78 is 0. The van der Waals surface area contributed by atoms with Crippen LogP contribution in [0.25, 0.3) is 11.0 Å². The molecule has 2 aliphatic heterocycles. The number of aryl methyl sites for hydroxylation is 1. The van der Waals surface area contributed by atoms with Gasteiger partial charge in [0.25, 0.3) is 0 Å². The highest BCUT2D eigenvalue weighted by Crippen LogP contribution is 2.51. The number of carbonyl (C=O) groups excluding carboxylic acids is 1. The average molecular weight is 388 g/mol. The zero-order valence-electron chi connectivity index (χ0n) is 15.8. The molecule has 3 unspecified atom stereocenters. The first-order valence-electron chi connectivity index (χ1n) is 10.0. The van der Waals surface area contributed by atoms with E-state index in [1.807, 2.05) is 13.1 Å². The number of H-pyrrole nitrogens is 1. The molecular weight excluding hydrogens is 362 g/mol. The van der Waals surface area contributed by atoms with Crippen LogP contribution in [0.3, 0.4) is 0 Å². The van der Waals surface area contributed by atoms with E-state index in [0.717, 1.165) is 54.3 Å². The number of piperidine rings is 2. The van der Waals surface area contributed by atoms with E-state index in [1.54, 1.807) is 6.20 Å². The SMILES string of the molecule is Cc1cnc2[nH]cc(C(C)CC(=O)N3C4CC5CC3CC(O)(C5)C4)c2c1Cl. The fraction of sp³-hybridized carbons (Fsp3) is 0.619. The summed E-state index contributed by atoms with van der Waals surface area (Å²) >= 11 is 6.53. The number of nitrogens with zero attached hydrogens (tertiary/aromatic N) is 2. The summed E-state index contributed by atoms with van der Waals surface area (Å²) in [7, 11) is 0. The third kappa shape index (κ3) is 2.70. The summed E-state index contributed by atoms with van der Waals surface area (Å²) in [5.74, 6) is 0.869. The van der Waals surface area contributed by atoms with E-state index in [1.165, 1.54) is 0 Å². The Labute approximate surface area is 164 Å². The Morgan fingerprint density at radius 2 is 2.11 bits per heavy atom. The van der Waals surface area contributed by atoms with E-state index < -0.39 is 5.60 Å². The second kappa shape index (κ2) is 5.95. The van der Waals surface area contributed by atoms with Crippen LogP contribution >= 0.6 is 11.6 Å². The van der Waals surface area contributed by atoms with Gasteiger partial charge in [-0.2, -0.15) is 0 Å². The lowest BCUT2D eigenvalue weighted by Gasteiger charge is -2.59. The molecule has 6 rings (SSSR count). The number of aromatic nitrogens is 2. The number of fused-ring (bicyclic) bond motifs is 1. The maximum atomic E-state index is 13.2. The highest BCUT2D eigenvalue weighted by molar-refractivity contribution is 6.36. The minimum Gasteiger partial charge on any atom is -0.390 e. The highest BCUT2D eigenvalue weighted by Gasteiger charge is 2.54. The van der Waals surface area contributed by atoms with Crippen molar-refractivity contribution in [3.05, 3.63) is 28.5 Å². The molecule has 4 fully saturated rings. The molecule has 4 aliphatic rings. The van der Waals surface area contributed by atoms with Crippen molar-refractivity contribution >= 4 is 28.5 Å². The fourth-order valence-electron chi connectivity index (χ4n) is 6.03. The second-order valence-electron chi connectivity index (χ2n) is 9.11. The molecule has 0 radical (unpaired) electrons. The van der Waals surface area contributed by atoms with Crippen molar-refractivity contribution < 1.29 is 9.90 Å². The van der Waals surface area contributed by atoms with Gasteiger partial charge in [-0.15, -0.1) is 0 Å². The quantitative estimate of drug-likeness (QED) is 0.838. The molecule has 2 saturated carbocycles. The Balaban J connectivity index is 1.38. The summed E-state index contributed by atoms with van der Waals surface area (Å²) in [6.45, 7) is 4.04. The molecule has 4 heterocycles. The molecule has 2 saturated heterocycles. The number of aromatic amines is 1. The lowest BCUT2D eigenvalue weighted by molar-refractivity contribution is -0.174. The maximum Gasteiger partial charge on any atom is 0.223 e. The van der Waals surface area contributed by atoms with Crippen LogP contribution in [-0.2, 0) is 4.79 Å². The third-order valence-corrected chi connectivity index (χ3v) is 7.53. The van der Waals surface area contributed by atoms with Gasteiger partial charge in [0.15, 0.2) is 0 Å². The number of rotatable bonds is 3. The fourth-order valence-corrected chi connectivity index (χ4v) is 6.28. The molecule has 1 amide bonds. The van der Waals surface area contributed by atoms with Gasteiger partial charge < -0.3 is 15.0 Å². The minimum atomic E-state index is -0.521. The van der Waals surface area contributed by atoms with Crippen LogP contribution in [0.1, 0.15) is 62.5 Å². The Kier molecular flexibility index (Phi) is 3.86. The second-order valence-corrected chi connectivity index (χ2v) is 9.49. The van der Waals surface area contributed by atoms with Gasteiger partial charge >= 0.3 is 0 Å². The van der Waals surface area contributed by atoms with Gasteiger partial charge in [0, 0.05) is 36.3 Å². The number of carbonyl (C=O) groups is 1. The van der Waals surface area contributed by atoms with E-state index >= 15 is 0 Å². The molecule has 6 heteroatoms. The average Bonchev–Trinajstić information content (AvgIpc) is 3.01. The number of hydrogen-bond donors (Lipinski definition) is 2. The number of aliphatic hydroxyl groups is 1. The molecule has 2 aliphatic carbocycles. The van der Waals surface area contributed by atoms with E-state index in [4.69, 9.17) is 11.6 Å². The van der Waals surface area contributed by atoms with E-state index in [9.17, 15) is 9.90 Å². The molecule has 2 N–H and O–H groups in total. The van der Waals surface area contributed by atoms with Gasteiger partial charge in [0.2, 0.25) is 5.91 Å². The first-order chi connectivity index (χ1) is 12.8. The molecule has 2 aromatic heterocycles. The van der Waals surface area contributed by atoms with Crippen molar-refractivity contribution in [3.8, 4) is 0 Å². The molecular formula is C21H26ClN3O2. The van der Waals surface area contributed by atoms with Crippen LogP contribution in [-0.4, -0.2) is 43.6 Å². The van der Waals surface area contributed by atoms with Crippen molar-refractivity contribution in [2.24, 2.45) is 5.92 Å². The van der Waals surface area contributed by atoms with Crippen LogP contribution in [0.4, 0.5) is 0 Å². The zero-order valence-corrected chi connectivity index (χ0v) is 16.6. The topological polar surface area (TPSA) is 69.2 Å². The lowest BCUT2D eigenvalue weighted by Crippen LogP contribution is -2.65.